The molecule has 4 saturated heterocycles. The van der Waals surface area contributed by atoms with E-state index >= 15 is 0 Å². The van der Waals surface area contributed by atoms with Crippen molar-refractivity contribution in [3.8, 4) is 0 Å². The van der Waals surface area contributed by atoms with E-state index in [1.165, 1.54) is 9.80 Å². The van der Waals surface area contributed by atoms with Crippen molar-refractivity contribution in [2.45, 2.75) is 61.9 Å². The minimum absolute atomic E-state index is 0.134. The minimum atomic E-state index is -0.818. The van der Waals surface area contributed by atoms with Crippen LogP contribution >= 0.6 is 0 Å². The second kappa shape index (κ2) is 8.58. The summed E-state index contributed by atoms with van der Waals surface area (Å²) in [5.74, 6) is -2.42. The van der Waals surface area contributed by atoms with Crippen molar-refractivity contribution in [3.63, 3.8) is 0 Å². The van der Waals surface area contributed by atoms with Crippen LogP contribution in [0.5, 0.6) is 0 Å². The fraction of sp³-hybridized carbons (Fsp3) is 0.692. The Morgan fingerprint density at radius 2 is 1.03 bits per heavy atom. The van der Waals surface area contributed by atoms with Crippen molar-refractivity contribution in [2.24, 2.45) is 35.1 Å². The van der Waals surface area contributed by atoms with Gasteiger partial charge in [0, 0.05) is 26.2 Å². The number of amides is 4. The van der Waals surface area contributed by atoms with Crippen LogP contribution in [-0.4, -0.2) is 83.0 Å². The van der Waals surface area contributed by atoms with Gasteiger partial charge >= 0.3 is 0 Å². The number of nitrogens with two attached hydrogens (primary N) is 2. The minimum Gasteiger partial charge on any atom is -0.361 e. The number of rotatable bonds is 11. The third-order valence-corrected chi connectivity index (χ3v) is 9.14. The van der Waals surface area contributed by atoms with Crippen molar-refractivity contribution < 1.29 is 28.7 Å². The van der Waals surface area contributed by atoms with Crippen molar-refractivity contribution >= 4 is 23.6 Å². The second-order valence-electron chi connectivity index (χ2n) is 11.0. The molecule has 6 rings (SSSR count). The number of unbranched alkanes of at least 4 members (excludes halogenated alkanes) is 5. The van der Waals surface area contributed by atoms with E-state index in [1.807, 2.05) is 24.3 Å². The van der Waals surface area contributed by atoms with Gasteiger partial charge in [-0.25, -0.2) is 0 Å². The van der Waals surface area contributed by atoms with Crippen LogP contribution in [0.3, 0.4) is 0 Å². The average Bonchev–Trinajstić information content (AvgIpc) is 3.70. The molecule has 36 heavy (non-hydrogen) atoms. The molecule has 10 heteroatoms. The highest BCUT2D eigenvalue weighted by atomic mass is 16.5. The standard InChI is InChI=1S/C26H34N4O6/c27-13-25-9-7-15(35-25)17-19(25)23(33)29(21(17)31)11-5-3-1-2-4-6-12-30-22(32)18-16-8-10-26(14-28,36-16)20(18)24(30)34/h7-10,15-20H,1-6,11-14,27-28H2. The Hall–Kier alpha value is -2.40. The van der Waals surface area contributed by atoms with E-state index in [2.05, 4.69) is 0 Å². The summed E-state index contributed by atoms with van der Waals surface area (Å²) in [5.41, 5.74) is 10.1. The molecular formula is C26H34N4O6. The molecule has 10 nitrogen and oxygen atoms in total. The Morgan fingerprint density at radius 1 is 0.639 bits per heavy atom. The lowest BCUT2D eigenvalue weighted by atomic mass is 9.77. The summed E-state index contributed by atoms with van der Waals surface area (Å²) in [5, 5.41) is 0. The van der Waals surface area contributed by atoms with Crippen LogP contribution in [0.4, 0.5) is 0 Å². The summed E-state index contributed by atoms with van der Waals surface area (Å²) < 4.78 is 11.8. The van der Waals surface area contributed by atoms with E-state index in [4.69, 9.17) is 20.9 Å². The first-order valence-corrected chi connectivity index (χ1v) is 13.2. The topological polar surface area (TPSA) is 145 Å². The highest BCUT2D eigenvalue weighted by Gasteiger charge is 2.68. The van der Waals surface area contributed by atoms with Gasteiger partial charge in [-0.3, -0.25) is 29.0 Å². The Morgan fingerprint density at radius 3 is 1.42 bits per heavy atom. The zero-order valence-electron chi connectivity index (χ0n) is 20.3. The van der Waals surface area contributed by atoms with Crippen molar-refractivity contribution in [1.82, 2.24) is 9.80 Å². The molecule has 4 fully saturated rings. The number of fused-ring (bicyclic) bond motifs is 10. The lowest BCUT2D eigenvalue weighted by Crippen LogP contribution is -2.46. The fourth-order valence-electron chi connectivity index (χ4n) is 7.28. The van der Waals surface area contributed by atoms with E-state index in [0.29, 0.717) is 13.1 Å². The van der Waals surface area contributed by atoms with E-state index in [9.17, 15) is 19.2 Å². The van der Waals surface area contributed by atoms with Crippen LogP contribution < -0.4 is 11.5 Å². The van der Waals surface area contributed by atoms with Gasteiger partial charge in [0.05, 0.1) is 35.9 Å². The number of carbonyl (C=O) groups excluding carboxylic acids is 4. The normalized spacial score (nSPS) is 41.5. The molecule has 6 heterocycles. The second-order valence-corrected chi connectivity index (χ2v) is 11.0. The molecule has 8 atom stereocenters. The molecule has 0 radical (unpaired) electrons. The Labute approximate surface area is 210 Å². The van der Waals surface area contributed by atoms with Crippen molar-refractivity contribution in [3.05, 3.63) is 24.3 Å². The zero-order chi connectivity index (χ0) is 25.2. The molecule has 4 bridgehead atoms. The first-order chi connectivity index (χ1) is 17.4. The molecule has 4 amide bonds. The van der Waals surface area contributed by atoms with Crippen LogP contribution in [-0.2, 0) is 28.7 Å². The number of hydrogen-bond donors (Lipinski definition) is 2. The number of ether oxygens (including phenoxy) is 2. The molecule has 0 aliphatic carbocycles. The van der Waals surface area contributed by atoms with Crippen molar-refractivity contribution in [2.75, 3.05) is 26.2 Å². The van der Waals surface area contributed by atoms with Gasteiger partial charge in [-0.1, -0.05) is 50.0 Å². The maximum atomic E-state index is 12.9. The fourth-order valence-corrected chi connectivity index (χ4v) is 7.28. The van der Waals surface area contributed by atoms with Gasteiger partial charge in [-0.15, -0.1) is 0 Å². The Balaban J connectivity index is 0.907. The average molecular weight is 499 g/mol. The van der Waals surface area contributed by atoms with Gasteiger partial charge in [0.25, 0.3) is 0 Å². The van der Waals surface area contributed by atoms with Crippen LogP contribution in [0, 0.1) is 23.7 Å². The van der Waals surface area contributed by atoms with Gasteiger partial charge < -0.3 is 20.9 Å². The molecule has 0 aromatic heterocycles. The highest BCUT2D eigenvalue weighted by Crippen LogP contribution is 2.52. The summed E-state index contributed by atoms with van der Waals surface area (Å²) in [4.78, 5) is 54.4. The zero-order valence-corrected chi connectivity index (χ0v) is 20.3. The lowest BCUT2D eigenvalue weighted by Gasteiger charge is -2.27. The Bertz CT molecular complexity index is 977. The smallest absolute Gasteiger partial charge is 0.236 e. The molecule has 6 aliphatic heterocycles. The largest absolute Gasteiger partial charge is 0.361 e. The van der Waals surface area contributed by atoms with Crippen molar-refractivity contribution in [1.29, 1.82) is 0 Å². The third kappa shape index (κ3) is 3.17. The summed E-state index contributed by atoms with van der Waals surface area (Å²) in [6.07, 6.45) is 12.0. The summed E-state index contributed by atoms with van der Waals surface area (Å²) in [6, 6.07) is 0. The summed E-state index contributed by atoms with van der Waals surface area (Å²) in [6.45, 7) is 1.25. The number of nitrogens with zero attached hydrogens (tertiary/aromatic N) is 2. The monoisotopic (exact) mass is 498 g/mol. The van der Waals surface area contributed by atoms with E-state index in [0.717, 1.165) is 38.5 Å². The molecule has 4 N–H and O–H groups in total. The van der Waals surface area contributed by atoms with Gasteiger partial charge in [0.1, 0.15) is 11.2 Å². The number of carbonyl (C=O) groups is 4. The highest BCUT2D eigenvalue weighted by molar-refractivity contribution is 6.08. The molecule has 0 spiro atoms. The number of likely N-dealkylation sites (tertiary alicyclic amines) is 2. The first kappa shape index (κ1) is 24.0. The summed E-state index contributed by atoms with van der Waals surface area (Å²) >= 11 is 0. The first-order valence-electron chi connectivity index (χ1n) is 13.2. The van der Waals surface area contributed by atoms with Crippen LogP contribution in [0.25, 0.3) is 0 Å². The Kier molecular flexibility index (Phi) is 5.71. The quantitative estimate of drug-likeness (QED) is 0.227. The van der Waals surface area contributed by atoms with Gasteiger partial charge in [-0.2, -0.15) is 0 Å². The maximum Gasteiger partial charge on any atom is 0.236 e. The molecular weight excluding hydrogens is 464 g/mol. The number of imide groups is 2. The SMILES string of the molecule is NCC12C=CC(O1)C1C(=O)N(CCCCCCCCN3C(=O)C4C5C=CC(CN)(O5)C4C3=O)C(=O)C12. The van der Waals surface area contributed by atoms with Gasteiger partial charge in [-0.05, 0) is 12.8 Å². The molecule has 8 unspecified atom stereocenters. The number of hydrogen-bond acceptors (Lipinski definition) is 8. The molecule has 0 aromatic carbocycles. The predicted molar refractivity (Wildman–Crippen MR) is 127 cm³/mol. The van der Waals surface area contributed by atoms with E-state index in [-0.39, 0.29) is 48.9 Å². The maximum absolute atomic E-state index is 12.9. The lowest BCUT2D eigenvalue weighted by molar-refractivity contribution is -0.145. The van der Waals surface area contributed by atoms with Crippen LogP contribution in [0.1, 0.15) is 38.5 Å². The molecule has 0 saturated carbocycles. The van der Waals surface area contributed by atoms with Gasteiger partial charge in [0.15, 0.2) is 0 Å². The van der Waals surface area contributed by atoms with Gasteiger partial charge in [0.2, 0.25) is 23.6 Å². The molecule has 6 aliphatic rings. The van der Waals surface area contributed by atoms with Crippen LogP contribution in [0.15, 0.2) is 24.3 Å². The molecule has 0 aromatic rings. The van der Waals surface area contributed by atoms with Crippen LogP contribution in [0.2, 0.25) is 0 Å². The molecule has 194 valence electrons. The van der Waals surface area contributed by atoms with E-state index in [1.54, 1.807) is 0 Å². The predicted octanol–water partition coefficient (Wildman–Crippen LogP) is -0.138. The van der Waals surface area contributed by atoms with E-state index < -0.39 is 34.9 Å². The third-order valence-electron chi connectivity index (χ3n) is 9.14. The summed E-state index contributed by atoms with van der Waals surface area (Å²) in [7, 11) is 0.